The van der Waals surface area contributed by atoms with Gasteiger partial charge in [0.05, 0.1) is 11.6 Å². The number of hydrogen-bond acceptors (Lipinski definition) is 3. The van der Waals surface area contributed by atoms with Gasteiger partial charge in [-0.25, -0.2) is 4.39 Å². The number of nitrogens with zero attached hydrogens (tertiary/aromatic N) is 1. The van der Waals surface area contributed by atoms with E-state index in [0.717, 1.165) is 0 Å². The van der Waals surface area contributed by atoms with E-state index in [1.165, 1.54) is 18.2 Å². The van der Waals surface area contributed by atoms with Gasteiger partial charge in [0.2, 0.25) is 0 Å². The second-order valence-electron chi connectivity index (χ2n) is 4.44. The van der Waals surface area contributed by atoms with Crippen LogP contribution in [-0.2, 0) is 11.2 Å². The summed E-state index contributed by atoms with van der Waals surface area (Å²) < 4.78 is 19.8. The van der Waals surface area contributed by atoms with E-state index in [1.807, 2.05) is 6.07 Å². The minimum atomic E-state index is -0.583. The number of ether oxygens (including phenoxy) is 1. The Morgan fingerprint density at radius 2 is 2.14 bits per heavy atom. The first-order valence-corrected chi connectivity index (χ1v) is 6.53. The van der Waals surface area contributed by atoms with Crippen molar-refractivity contribution in [1.82, 2.24) is 0 Å². The van der Waals surface area contributed by atoms with Crippen molar-refractivity contribution >= 4 is 17.9 Å². The Hall–Kier alpha value is -2.38. The van der Waals surface area contributed by atoms with Gasteiger partial charge < -0.3 is 9.53 Å². The van der Waals surface area contributed by atoms with Crippen LogP contribution in [0.1, 0.15) is 16.7 Å². The lowest BCUT2D eigenvalue weighted by atomic mass is 10.1. The van der Waals surface area contributed by atoms with Gasteiger partial charge in [-0.05, 0) is 36.2 Å². The molecule has 21 heavy (non-hydrogen) atoms. The van der Waals surface area contributed by atoms with E-state index in [4.69, 9.17) is 21.6 Å². The normalized spacial score (nSPS) is 10.0. The fraction of sp³-hybridized carbons (Fsp3) is 0.125. The van der Waals surface area contributed by atoms with Crippen LogP contribution in [0.15, 0.2) is 30.3 Å². The van der Waals surface area contributed by atoms with E-state index in [1.54, 1.807) is 19.1 Å². The van der Waals surface area contributed by atoms with Gasteiger partial charge in [-0.15, -0.1) is 0 Å². The third kappa shape index (κ3) is 3.39. The number of benzene rings is 2. The molecule has 3 nitrogen and oxygen atoms in total. The maximum atomic E-state index is 14.3. The minimum Gasteiger partial charge on any atom is -0.454 e. The molecular weight excluding hydrogens is 293 g/mol. The van der Waals surface area contributed by atoms with Crippen LogP contribution in [0.3, 0.4) is 0 Å². The van der Waals surface area contributed by atoms with E-state index in [-0.39, 0.29) is 23.5 Å². The molecule has 0 N–H and O–H groups in total. The molecule has 2 aromatic rings. The van der Waals surface area contributed by atoms with Crippen LogP contribution in [-0.4, -0.2) is 6.29 Å². The van der Waals surface area contributed by atoms with Crippen LogP contribution in [0.2, 0.25) is 5.02 Å². The predicted molar refractivity (Wildman–Crippen MR) is 77.1 cm³/mol. The first-order valence-electron chi connectivity index (χ1n) is 6.15. The Morgan fingerprint density at radius 3 is 2.81 bits per heavy atom. The molecule has 0 aromatic heterocycles. The average Bonchev–Trinajstić information content (AvgIpc) is 2.46. The lowest BCUT2D eigenvalue weighted by Gasteiger charge is -2.12. The Kier molecular flexibility index (Phi) is 4.56. The van der Waals surface area contributed by atoms with Crippen molar-refractivity contribution in [2.75, 3.05) is 0 Å². The standard InChI is InChI=1S/C16H11ClFNO2/c1-10-2-3-12(4-5-20)15(18)16(10)21-14-7-11(9-19)6-13(17)8-14/h2-3,5-8H,4H2,1H3. The average molecular weight is 304 g/mol. The molecule has 106 valence electrons. The van der Waals surface area contributed by atoms with Gasteiger partial charge in [-0.1, -0.05) is 23.7 Å². The number of aldehydes is 1. The monoisotopic (exact) mass is 303 g/mol. The van der Waals surface area contributed by atoms with Crippen molar-refractivity contribution in [1.29, 1.82) is 5.26 Å². The van der Waals surface area contributed by atoms with Crippen molar-refractivity contribution in [3.05, 3.63) is 57.9 Å². The van der Waals surface area contributed by atoms with Crippen molar-refractivity contribution in [2.45, 2.75) is 13.3 Å². The van der Waals surface area contributed by atoms with Gasteiger partial charge >= 0.3 is 0 Å². The van der Waals surface area contributed by atoms with Crippen molar-refractivity contribution < 1.29 is 13.9 Å². The molecule has 0 aliphatic carbocycles. The number of nitriles is 1. The van der Waals surface area contributed by atoms with Crippen LogP contribution >= 0.6 is 11.6 Å². The van der Waals surface area contributed by atoms with Crippen LogP contribution < -0.4 is 4.74 Å². The summed E-state index contributed by atoms with van der Waals surface area (Å²) in [7, 11) is 0. The maximum absolute atomic E-state index is 14.3. The van der Waals surface area contributed by atoms with Crippen LogP contribution in [0, 0.1) is 24.1 Å². The number of hydrogen-bond donors (Lipinski definition) is 0. The molecule has 0 saturated heterocycles. The molecular formula is C16H11ClFNO2. The van der Waals surface area contributed by atoms with E-state index in [0.29, 0.717) is 22.4 Å². The third-order valence-electron chi connectivity index (χ3n) is 2.90. The van der Waals surface area contributed by atoms with Crippen molar-refractivity contribution in [3.8, 4) is 17.6 Å². The van der Waals surface area contributed by atoms with Crippen LogP contribution in [0.5, 0.6) is 11.5 Å². The van der Waals surface area contributed by atoms with E-state index in [2.05, 4.69) is 0 Å². The summed E-state index contributed by atoms with van der Waals surface area (Å²) in [5.41, 5.74) is 1.16. The molecule has 0 amide bonds. The molecule has 2 rings (SSSR count). The quantitative estimate of drug-likeness (QED) is 0.796. The fourth-order valence-corrected chi connectivity index (χ4v) is 2.10. The zero-order valence-corrected chi connectivity index (χ0v) is 11.9. The molecule has 0 bridgehead atoms. The highest BCUT2D eigenvalue weighted by Gasteiger charge is 2.14. The number of rotatable bonds is 4. The summed E-state index contributed by atoms with van der Waals surface area (Å²) in [5, 5.41) is 9.22. The molecule has 0 radical (unpaired) electrons. The number of carbonyl (C=O) groups excluding carboxylic acids is 1. The minimum absolute atomic E-state index is 0.0263. The molecule has 0 atom stereocenters. The van der Waals surface area contributed by atoms with Crippen LogP contribution in [0.25, 0.3) is 0 Å². The summed E-state index contributed by atoms with van der Waals surface area (Å²) >= 11 is 5.88. The molecule has 0 aliphatic heterocycles. The molecule has 0 aliphatic rings. The summed E-state index contributed by atoms with van der Waals surface area (Å²) in [5.74, 6) is -0.287. The fourth-order valence-electron chi connectivity index (χ4n) is 1.87. The Bertz CT molecular complexity index is 738. The molecule has 0 spiro atoms. The highest BCUT2D eigenvalue weighted by molar-refractivity contribution is 6.30. The second-order valence-corrected chi connectivity index (χ2v) is 4.88. The zero-order chi connectivity index (χ0) is 15.4. The highest BCUT2D eigenvalue weighted by Crippen LogP contribution is 2.32. The van der Waals surface area contributed by atoms with Gasteiger partial charge in [0, 0.05) is 11.4 Å². The SMILES string of the molecule is Cc1ccc(CC=O)c(F)c1Oc1cc(Cl)cc(C#N)c1. The predicted octanol–water partition coefficient (Wildman–Crippen LogP) is 4.19. The number of aryl methyl sites for hydroxylation is 1. The third-order valence-corrected chi connectivity index (χ3v) is 3.12. The summed E-state index contributed by atoms with van der Waals surface area (Å²) in [4.78, 5) is 10.5. The van der Waals surface area contributed by atoms with Gasteiger partial charge in [-0.3, -0.25) is 0 Å². The Labute approximate surface area is 126 Å². The van der Waals surface area contributed by atoms with Gasteiger partial charge in [0.1, 0.15) is 12.0 Å². The first-order chi connectivity index (χ1) is 10.0. The van der Waals surface area contributed by atoms with E-state index >= 15 is 0 Å². The molecule has 0 unspecified atom stereocenters. The number of halogens is 2. The smallest absolute Gasteiger partial charge is 0.169 e. The lowest BCUT2D eigenvalue weighted by molar-refractivity contribution is -0.107. The van der Waals surface area contributed by atoms with Crippen LogP contribution in [0.4, 0.5) is 4.39 Å². The lowest BCUT2D eigenvalue weighted by Crippen LogP contribution is -1.98. The second kappa shape index (κ2) is 6.38. The van der Waals surface area contributed by atoms with Crippen molar-refractivity contribution in [2.24, 2.45) is 0 Å². The molecule has 5 heteroatoms. The van der Waals surface area contributed by atoms with E-state index < -0.39 is 5.82 Å². The Morgan fingerprint density at radius 1 is 1.38 bits per heavy atom. The summed E-state index contributed by atoms with van der Waals surface area (Å²) in [6.45, 7) is 1.69. The summed E-state index contributed by atoms with van der Waals surface area (Å²) in [6, 6.07) is 9.62. The highest BCUT2D eigenvalue weighted by atomic mass is 35.5. The number of carbonyl (C=O) groups is 1. The largest absolute Gasteiger partial charge is 0.454 e. The van der Waals surface area contributed by atoms with Gasteiger partial charge in [0.15, 0.2) is 11.6 Å². The molecule has 0 saturated carbocycles. The van der Waals surface area contributed by atoms with E-state index in [9.17, 15) is 9.18 Å². The van der Waals surface area contributed by atoms with Gasteiger partial charge in [0.25, 0.3) is 0 Å². The Balaban J connectivity index is 2.44. The topological polar surface area (TPSA) is 50.1 Å². The van der Waals surface area contributed by atoms with Gasteiger partial charge in [-0.2, -0.15) is 5.26 Å². The van der Waals surface area contributed by atoms with Crippen molar-refractivity contribution in [3.63, 3.8) is 0 Å². The maximum Gasteiger partial charge on any atom is 0.169 e. The molecule has 0 fully saturated rings. The molecule has 0 heterocycles. The summed E-state index contributed by atoms with van der Waals surface area (Å²) in [6.07, 6.45) is 0.603. The molecule has 2 aromatic carbocycles. The first kappa shape index (κ1) is 15.0. The zero-order valence-electron chi connectivity index (χ0n) is 11.2.